The van der Waals surface area contributed by atoms with Gasteiger partial charge in [0.2, 0.25) is 0 Å². The molecule has 0 fully saturated rings. The Morgan fingerprint density at radius 2 is 1.68 bits per heavy atom. The summed E-state index contributed by atoms with van der Waals surface area (Å²) in [5, 5.41) is 2.75. The molecule has 2 aromatic carbocycles. The molecule has 0 aliphatic rings. The van der Waals surface area contributed by atoms with Gasteiger partial charge >= 0.3 is 0 Å². The fourth-order valence-corrected chi connectivity index (χ4v) is 2.03. The second-order valence-corrected chi connectivity index (χ2v) is 4.93. The lowest BCUT2D eigenvalue weighted by molar-refractivity contribution is -0.127. The van der Waals surface area contributed by atoms with E-state index in [1.165, 1.54) is 0 Å². The Balaban J connectivity index is 1.92. The van der Waals surface area contributed by atoms with E-state index < -0.39 is 6.10 Å². The molecule has 0 unspecified atom stereocenters. The smallest absolute Gasteiger partial charge is 0.260 e. The fourth-order valence-electron chi connectivity index (χ4n) is 2.03. The highest BCUT2D eigenvalue weighted by Crippen LogP contribution is 2.22. The van der Waals surface area contributed by atoms with Crippen molar-refractivity contribution >= 4 is 5.91 Å². The van der Waals surface area contributed by atoms with E-state index in [1.54, 1.807) is 14.0 Å². The van der Waals surface area contributed by atoms with Crippen molar-refractivity contribution in [2.45, 2.75) is 13.0 Å². The first-order valence-electron chi connectivity index (χ1n) is 7.29. The number of hydrogen-bond acceptors (Lipinski definition) is 3. The molecule has 0 spiro atoms. The van der Waals surface area contributed by atoms with Crippen molar-refractivity contribution in [2.75, 3.05) is 20.3 Å². The Kier molecular flexibility index (Phi) is 5.98. The van der Waals surface area contributed by atoms with Crippen LogP contribution in [0.25, 0.3) is 11.1 Å². The number of benzene rings is 2. The molecule has 116 valence electrons. The molecule has 0 saturated carbocycles. The SMILES string of the molecule is COCCNC(=O)[C@H](C)Oc1ccc(-c2ccccc2)cc1. The Hall–Kier alpha value is -2.33. The van der Waals surface area contributed by atoms with Crippen LogP contribution in [0, 0.1) is 0 Å². The van der Waals surface area contributed by atoms with E-state index in [2.05, 4.69) is 17.4 Å². The third-order valence-corrected chi connectivity index (χ3v) is 3.25. The molecule has 1 amide bonds. The van der Waals surface area contributed by atoms with E-state index in [-0.39, 0.29) is 5.91 Å². The van der Waals surface area contributed by atoms with Gasteiger partial charge in [0.05, 0.1) is 6.61 Å². The number of carbonyl (C=O) groups is 1. The topological polar surface area (TPSA) is 47.6 Å². The van der Waals surface area contributed by atoms with Gasteiger partial charge in [-0.15, -0.1) is 0 Å². The molecule has 0 heterocycles. The first-order valence-corrected chi connectivity index (χ1v) is 7.29. The Labute approximate surface area is 131 Å². The molecule has 4 nitrogen and oxygen atoms in total. The zero-order valence-electron chi connectivity index (χ0n) is 12.9. The number of ether oxygens (including phenoxy) is 2. The van der Waals surface area contributed by atoms with Gasteiger partial charge in [-0.3, -0.25) is 4.79 Å². The van der Waals surface area contributed by atoms with Gasteiger partial charge < -0.3 is 14.8 Å². The summed E-state index contributed by atoms with van der Waals surface area (Å²) >= 11 is 0. The molecule has 4 heteroatoms. The zero-order valence-corrected chi connectivity index (χ0v) is 12.9. The average Bonchev–Trinajstić information content (AvgIpc) is 2.56. The molecule has 0 aliphatic carbocycles. The summed E-state index contributed by atoms with van der Waals surface area (Å²) in [6, 6.07) is 17.8. The molecule has 22 heavy (non-hydrogen) atoms. The third-order valence-electron chi connectivity index (χ3n) is 3.25. The van der Waals surface area contributed by atoms with Gasteiger partial charge in [-0.2, -0.15) is 0 Å². The zero-order chi connectivity index (χ0) is 15.8. The highest BCUT2D eigenvalue weighted by Gasteiger charge is 2.13. The van der Waals surface area contributed by atoms with E-state index in [0.29, 0.717) is 18.9 Å². The van der Waals surface area contributed by atoms with Crippen molar-refractivity contribution in [3.05, 3.63) is 54.6 Å². The quantitative estimate of drug-likeness (QED) is 0.800. The second kappa shape index (κ2) is 8.20. The molecule has 0 bridgehead atoms. The van der Waals surface area contributed by atoms with E-state index in [4.69, 9.17) is 9.47 Å². The molecule has 0 aliphatic heterocycles. The highest BCUT2D eigenvalue weighted by molar-refractivity contribution is 5.80. The maximum atomic E-state index is 11.8. The van der Waals surface area contributed by atoms with Crippen molar-refractivity contribution in [3.63, 3.8) is 0 Å². The summed E-state index contributed by atoms with van der Waals surface area (Å²) in [6.07, 6.45) is -0.542. The van der Waals surface area contributed by atoms with Crippen LogP contribution < -0.4 is 10.1 Å². The molecule has 0 aromatic heterocycles. The first kappa shape index (κ1) is 16.0. The van der Waals surface area contributed by atoms with E-state index in [1.807, 2.05) is 42.5 Å². The lowest BCUT2D eigenvalue weighted by atomic mass is 10.1. The van der Waals surface area contributed by atoms with Crippen LogP contribution in [0.2, 0.25) is 0 Å². The van der Waals surface area contributed by atoms with Crippen molar-refractivity contribution in [1.82, 2.24) is 5.32 Å². The minimum absolute atomic E-state index is 0.149. The van der Waals surface area contributed by atoms with Crippen molar-refractivity contribution in [2.24, 2.45) is 0 Å². The van der Waals surface area contributed by atoms with Crippen LogP contribution in [-0.2, 0) is 9.53 Å². The van der Waals surface area contributed by atoms with Crippen molar-refractivity contribution < 1.29 is 14.3 Å². The molecular formula is C18H21NO3. The predicted molar refractivity (Wildman–Crippen MR) is 86.9 cm³/mol. The molecule has 0 radical (unpaired) electrons. The van der Waals surface area contributed by atoms with Crippen molar-refractivity contribution in [3.8, 4) is 16.9 Å². The van der Waals surface area contributed by atoms with Gasteiger partial charge in [-0.25, -0.2) is 0 Å². The van der Waals surface area contributed by atoms with Gasteiger partial charge in [0.15, 0.2) is 6.10 Å². The number of hydrogen-bond donors (Lipinski definition) is 1. The number of rotatable bonds is 7. The Bertz CT molecular complexity index is 581. The Morgan fingerprint density at radius 1 is 1.05 bits per heavy atom. The lowest BCUT2D eigenvalue weighted by Crippen LogP contribution is -2.37. The summed E-state index contributed by atoms with van der Waals surface area (Å²) < 4.78 is 10.5. The lowest BCUT2D eigenvalue weighted by Gasteiger charge is -2.15. The summed E-state index contributed by atoms with van der Waals surface area (Å²) in [5.74, 6) is 0.526. The van der Waals surface area contributed by atoms with Gasteiger partial charge in [0, 0.05) is 13.7 Å². The number of amides is 1. The standard InChI is InChI=1S/C18H21NO3/c1-14(18(20)19-12-13-21-2)22-17-10-8-16(9-11-17)15-6-4-3-5-7-15/h3-11,14H,12-13H2,1-2H3,(H,19,20)/t14-/m0/s1. The molecular weight excluding hydrogens is 278 g/mol. The van der Waals surface area contributed by atoms with Crippen LogP contribution in [0.4, 0.5) is 0 Å². The molecule has 0 saturated heterocycles. The van der Waals surface area contributed by atoms with Crippen LogP contribution in [-0.4, -0.2) is 32.3 Å². The van der Waals surface area contributed by atoms with E-state index in [0.717, 1.165) is 11.1 Å². The van der Waals surface area contributed by atoms with E-state index in [9.17, 15) is 4.79 Å². The average molecular weight is 299 g/mol. The number of methoxy groups -OCH3 is 1. The summed E-state index contributed by atoms with van der Waals surface area (Å²) in [7, 11) is 1.60. The molecule has 2 aromatic rings. The maximum Gasteiger partial charge on any atom is 0.260 e. The van der Waals surface area contributed by atoms with Gasteiger partial charge in [0.1, 0.15) is 5.75 Å². The monoisotopic (exact) mass is 299 g/mol. The number of nitrogens with one attached hydrogen (secondary N) is 1. The summed E-state index contributed by atoms with van der Waals surface area (Å²) in [4.78, 5) is 11.8. The molecule has 2 rings (SSSR count). The predicted octanol–water partition coefficient (Wildman–Crippen LogP) is 2.88. The van der Waals surface area contributed by atoms with Crippen molar-refractivity contribution in [1.29, 1.82) is 0 Å². The minimum Gasteiger partial charge on any atom is -0.481 e. The highest BCUT2D eigenvalue weighted by atomic mass is 16.5. The van der Waals surface area contributed by atoms with Crippen LogP contribution in [0.1, 0.15) is 6.92 Å². The third kappa shape index (κ3) is 4.60. The van der Waals surface area contributed by atoms with Crippen LogP contribution in [0.5, 0.6) is 5.75 Å². The maximum absolute atomic E-state index is 11.8. The normalized spacial score (nSPS) is 11.7. The minimum atomic E-state index is -0.542. The molecule has 1 N–H and O–H groups in total. The van der Waals surface area contributed by atoms with Gasteiger partial charge in [0.25, 0.3) is 5.91 Å². The van der Waals surface area contributed by atoms with E-state index >= 15 is 0 Å². The molecule has 1 atom stereocenters. The van der Waals surface area contributed by atoms with Gasteiger partial charge in [-0.05, 0) is 30.2 Å². The summed E-state index contributed by atoms with van der Waals surface area (Å²) in [5.41, 5.74) is 2.27. The Morgan fingerprint density at radius 3 is 2.32 bits per heavy atom. The summed E-state index contributed by atoms with van der Waals surface area (Å²) in [6.45, 7) is 2.70. The number of carbonyl (C=O) groups excluding carboxylic acids is 1. The first-order chi connectivity index (χ1) is 10.7. The van der Waals surface area contributed by atoms with Crippen LogP contribution >= 0.6 is 0 Å². The van der Waals surface area contributed by atoms with Crippen LogP contribution in [0.3, 0.4) is 0 Å². The fraction of sp³-hybridized carbons (Fsp3) is 0.278. The second-order valence-electron chi connectivity index (χ2n) is 4.93. The van der Waals surface area contributed by atoms with Gasteiger partial charge in [-0.1, -0.05) is 42.5 Å². The largest absolute Gasteiger partial charge is 0.481 e. The van der Waals surface area contributed by atoms with Crippen LogP contribution in [0.15, 0.2) is 54.6 Å².